The normalized spacial score (nSPS) is 10.6. The number of aryl methyl sites for hydroxylation is 4. The summed E-state index contributed by atoms with van der Waals surface area (Å²) in [7, 11) is 0. The van der Waals surface area contributed by atoms with E-state index in [4.69, 9.17) is 0 Å². The molecular formula is C106H84. The van der Waals surface area contributed by atoms with Crippen LogP contribution in [0, 0.1) is 27.7 Å². The van der Waals surface area contributed by atoms with Gasteiger partial charge in [0.05, 0.1) is 0 Å². The Balaban J connectivity index is 0.000000119. The van der Waals surface area contributed by atoms with Crippen molar-refractivity contribution < 1.29 is 0 Å². The molecule has 0 radical (unpaired) electrons. The van der Waals surface area contributed by atoms with Crippen LogP contribution in [0.1, 0.15) is 22.3 Å². The van der Waals surface area contributed by atoms with Gasteiger partial charge >= 0.3 is 0 Å². The largest absolute Gasteiger partial charge is 0.0622 e. The molecule has 0 heteroatoms. The molecule has 0 nitrogen and oxygen atoms in total. The molecule has 0 atom stereocenters. The van der Waals surface area contributed by atoms with E-state index < -0.39 is 0 Å². The van der Waals surface area contributed by atoms with Gasteiger partial charge in [-0.15, -0.1) is 0 Å². The molecule has 17 aromatic carbocycles. The van der Waals surface area contributed by atoms with Gasteiger partial charge in [0.25, 0.3) is 0 Å². The van der Waals surface area contributed by atoms with Gasteiger partial charge in [0, 0.05) is 0 Å². The SMILES string of the molecule is Cc1cc(-c2ccccc2)cc(-c2cccc(-c3ccccc3)c2)c1.Cc1ccc(-c2cccc(-c3cccc(-c4ccccc4)c3)c2)cc1.Cc1cccc(-c2cccc(-c3cccc(-c4cccc(-c5ccccc5)c4)c3)c2)c1.Cc1cccc(-c2cccc(-c3cccc(-c4ccccc4)c3)c2)c1. The summed E-state index contributed by atoms with van der Waals surface area (Å²) in [6.45, 7) is 8.56. The molecule has 0 aliphatic rings. The minimum Gasteiger partial charge on any atom is -0.0622 e. The van der Waals surface area contributed by atoms with Crippen molar-refractivity contribution in [2.24, 2.45) is 0 Å². The molecule has 0 spiro atoms. The van der Waals surface area contributed by atoms with Crippen molar-refractivity contribution in [1.29, 1.82) is 0 Å². The first-order valence-electron chi connectivity index (χ1n) is 36.6. The zero-order valence-corrected chi connectivity index (χ0v) is 60.6. The van der Waals surface area contributed by atoms with Gasteiger partial charge in [-0.3, -0.25) is 0 Å². The maximum Gasteiger partial charge on any atom is -0.0175 e. The molecule has 0 amide bonds. The molecule has 0 N–H and O–H groups in total. The van der Waals surface area contributed by atoms with E-state index in [-0.39, 0.29) is 0 Å². The predicted molar refractivity (Wildman–Crippen MR) is 455 cm³/mol. The highest BCUT2D eigenvalue weighted by Gasteiger charge is 2.11. The number of hydrogen-bond acceptors (Lipinski definition) is 0. The van der Waals surface area contributed by atoms with Gasteiger partial charge in [-0.05, 0) is 233 Å². The highest BCUT2D eigenvalue weighted by Crippen LogP contribution is 2.37. The summed E-state index contributed by atoms with van der Waals surface area (Å²) in [5.74, 6) is 0. The highest BCUT2D eigenvalue weighted by molar-refractivity contribution is 5.83. The Morgan fingerprint density at radius 1 is 0.0849 bits per heavy atom. The van der Waals surface area contributed by atoms with Crippen LogP contribution in [0.2, 0.25) is 0 Å². The summed E-state index contributed by atoms with van der Waals surface area (Å²) in [5, 5.41) is 0. The maximum atomic E-state index is 2.29. The molecule has 0 unspecified atom stereocenters. The molecule has 0 saturated heterocycles. The maximum absolute atomic E-state index is 2.29. The topological polar surface area (TPSA) is 0 Å². The van der Waals surface area contributed by atoms with Gasteiger partial charge in [-0.1, -0.05) is 399 Å². The number of benzene rings is 17. The van der Waals surface area contributed by atoms with Crippen molar-refractivity contribution in [2.75, 3.05) is 0 Å². The minimum atomic E-state index is 1.23. The van der Waals surface area contributed by atoms with Gasteiger partial charge in [0.15, 0.2) is 0 Å². The van der Waals surface area contributed by atoms with Gasteiger partial charge in [-0.25, -0.2) is 0 Å². The van der Waals surface area contributed by atoms with Crippen LogP contribution in [-0.2, 0) is 0 Å². The Morgan fingerprint density at radius 3 is 0.453 bits per heavy atom. The molecular weight excluding hydrogens is 1270 g/mol. The summed E-state index contributed by atoms with van der Waals surface area (Å²) in [4.78, 5) is 0. The third-order valence-electron chi connectivity index (χ3n) is 19.3. The van der Waals surface area contributed by atoms with E-state index in [1.54, 1.807) is 0 Å². The van der Waals surface area contributed by atoms with Crippen LogP contribution in [0.5, 0.6) is 0 Å². The van der Waals surface area contributed by atoms with Crippen molar-refractivity contribution in [3.8, 4) is 145 Å². The van der Waals surface area contributed by atoms with Crippen molar-refractivity contribution in [3.63, 3.8) is 0 Å². The van der Waals surface area contributed by atoms with Crippen LogP contribution in [0.25, 0.3) is 145 Å². The molecule has 17 rings (SSSR count). The third kappa shape index (κ3) is 18.1. The Labute approximate surface area is 627 Å². The second-order valence-electron chi connectivity index (χ2n) is 27.2. The Bertz CT molecular complexity index is 5710. The van der Waals surface area contributed by atoms with E-state index in [9.17, 15) is 0 Å². The summed E-state index contributed by atoms with van der Waals surface area (Å²) < 4.78 is 0. The molecule has 0 bridgehead atoms. The summed E-state index contributed by atoms with van der Waals surface area (Å²) >= 11 is 0. The third-order valence-corrected chi connectivity index (χ3v) is 19.3. The Hall–Kier alpha value is -13.3. The zero-order valence-electron chi connectivity index (χ0n) is 60.6. The molecule has 0 aromatic heterocycles. The Morgan fingerprint density at radius 2 is 0.226 bits per heavy atom. The zero-order chi connectivity index (χ0) is 72.2. The van der Waals surface area contributed by atoms with E-state index in [0.29, 0.717) is 0 Å². The van der Waals surface area contributed by atoms with E-state index in [1.165, 1.54) is 167 Å². The average molecular weight is 1360 g/mol. The van der Waals surface area contributed by atoms with Crippen molar-refractivity contribution in [1.82, 2.24) is 0 Å². The van der Waals surface area contributed by atoms with Crippen LogP contribution in [0.15, 0.2) is 437 Å². The van der Waals surface area contributed by atoms with Gasteiger partial charge in [0.1, 0.15) is 0 Å². The minimum absolute atomic E-state index is 1.23. The van der Waals surface area contributed by atoms with Crippen LogP contribution >= 0.6 is 0 Å². The molecule has 106 heavy (non-hydrogen) atoms. The lowest BCUT2D eigenvalue weighted by Crippen LogP contribution is -1.85. The van der Waals surface area contributed by atoms with Crippen LogP contribution in [0.4, 0.5) is 0 Å². The second kappa shape index (κ2) is 34.1. The first kappa shape index (κ1) is 69.8. The van der Waals surface area contributed by atoms with Crippen LogP contribution in [-0.4, -0.2) is 0 Å². The standard InChI is InChI=1S/C31H24.3C25H20/c1-23-9-5-12-25(19-23)27-14-7-16-29(21-27)31-18-8-17-30(22-31)28-15-6-13-26(20-28)24-10-3-2-4-11-24;1-19-15-24(21-11-6-3-7-12-21)18-25(16-19)23-14-8-13-22(17-23)20-9-4-2-5-10-20;1-19-8-5-11-21(16-19)23-13-7-15-25(18-23)24-14-6-12-22(17-24)20-9-3-2-4-10-20;1-19-13-15-21(16-14-19)23-10-6-12-25(18-23)24-11-5-9-22(17-24)20-7-3-2-4-8-20/h2-22H,1H3;3*2-18H,1H3. The number of hydrogen-bond donors (Lipinski definition) is 0. The summed E-state index contributed by atoms with van der Waals surface area (Å²) in [6, 6.07) is 156. The molecule has 0 saturated carbocycles. The highest BCUT2D eigenvalue weighted by atomic mass is 14.2. The molecule has 0 heterocycles. The van der Waals surface area contributed by atoms with E-state index in [1.807, 2.05) is 0 Å². The van der Waals surface area contributed by atoms with Crippen molar-refractivity contribution >= 4 is 0 Å². The smallest absolute Gasteiger partial charge is 0.0175 e. The van der Waals surface area contributed by atoms with E-state index in [0.717, 1.165) is 0 Å². The summed E-state index contributed by atoms with van der Waals surface area (Å²) in [5.41, 5.74) is 37.6. The monoisotopic (exact) mass is 1360 g/mol. The molecule has 0 aliphatic heterocycles. The molecule has 0 aliphatic carbocycles. The molecule has 17 aromatic rings. The first-order chi connectivity index (χ1) is 52.1. The van der Waals surface area contributed by atoms with Gasteiger partial charge < -0.3 is 0 Å². The quantitative estimate of drug-likeness (QED) is 0.108. The first-order valence-corrected chi connectivity index (χ1v) is 36.6. The number of rotatable bonds is 13. The molecule has 508 valence electrons. The Kier molecular flexibility index (Phi) is 22.5. The summed E-state index contributed by atoms with van der Waals surface area (Å²) in [6.07, 6.45) is 0. The van der Waals surface area contributed by atoms with E-state index in [2.05, 4.69) is 464 Å². The van der Waals surface area contributed by atoms with Crippen molar-refractivity contribution in [2.45, 2.75) is 27.7 Å². The second-order valence-corrected chi connectivity index (χ2v) is 27.2. The lowest BCUT2D eigenvalue weighted by atomic mass is 9.94. The molecule has 0 fully saturated rings. The van der Waals surface area contributed by atoms with Crippen molar-refractivity contribution in [3.05, 3.63) is 459 Å². The average Bonchev–Trinajstić information content (AvgIpc) is 0.824. The van der Waals surface area contributed by atoms with E-state index >= 15 is 0 Å². The van der Waals surface area contributed by atoms with Crippen LogP contribution in [0.3, 0.4) is 0 Å². The predicted octanol–water partition coefficient (Wildman–Crippen LogP) is 29.7. The van der Waals surface area contributed by atoms with Crippen LogP contribution < -0.4 is 0 Å². The van der Waals surface area contributed by atoms with Gasteiger partial charge in [-0.2, -0.15) is 0 Å². The fourth-order valence-electron chi connectivity index (χ4n) is 13.7. The fraction of sp³-hybridized carbons (Fsp3) is 0.0377. The van der Waals surface area contributed by atoms with Gasteiger partial charge in [0.2, 0.25) is 0 Å². The fourth-order valence-corrected chi connectivity index (χ4v) is 13.7. The lowest BCUT2D eigenvalue weighted by Gasteiger charge is -2.10. The lowest BCUT2D eigenvalue weighted by molar-refractivity contribution is 1.46.